The summed E-state index contributed by atoms with van der Waals surface area (Å²) >= 11 is 7.12. The number of aromatic nitrogens is 2. The summed E-state index contributed by atoms with van der Waals surface area (Å²) < 4.78 is 34.6. The number of nitrogens with two attached hydrogens (primary N) is 1. The van der Waals surface area contributed by atoms with Crippen molar-refractivity contribution in [2.75, 3.05) is 13.7 Å². The van der Waals surface area contributed by atoms with Crippen molar-refractivity contribution >= 4 is 40.4 Å². The van der Waals surface area contributed by atoms with Gasteiger partial charge in [0, 0.05) is 23.3 Å². The molecule has 3 atom stereocenters. The number of nitrogens with zero attached hydrogens (tertiary/aromatic N) is 3. The maximum Gasteiger partial charge on any atom is 0.155 e. The average Bonchev–Trinajstić information content (AvgIpc) is 2.68. The Morgan fingerprint density at radius 2 is 2.07 bits per heavy atom. The molecule has 0 unspecified atom stereocenters. The van der Waals surface area contributed by atoms with Crippen LogP contribution in [0.2, 0.25) is 5.15 Å². The summed E-state index contributed by atoms with van der Waals surface area (Å²) in [5, 5.41) is 0.528. The van der Waals surface area contributed by atoms with Gasteiger partial charge in [0.2, 0.25) is 0 Å². The van der Waals surface area contributed by atoms with Gasteiger partial charge in [-0.15, -0.1) is 0 Å². The summed E-state index contributed by atoms with van der Waals surface area (Å²) in [5.74, 6) is -1.17. The molecule has 0 aliphatic carbocycles. The standard InChI is InChI=1S/C21H23ClF2N4OS/c1-12-20(2,11-29-4)30-19(25)28-21(12,3)14-7-13(5-6-15(14)23)8-16(24)17-9-27-18(22)10-26-17/h5-10,12H,11H2,1-4H3,(H2,25,28)/b16-8-/t12-,20-,21+/m1/s1. The first-order valence-electron chi connectivity index (χ1n) is 9.27. The molecule has 0 amide bonds. The van der Waals surface area contributed by atoms with Crippen LogP contribution in [0.25, 0.3) is 11.9 Å². The number of methoxy groups -OCH3 is 1. The summed E-state index contributed by atoms with van der Waals surface area (Å²) in [6.07, 6.45) is 3.77. The largest absolute Gasteiger partial charge is 0.383 e. The van der Waals surface area contributed by atoms with Crippen LogP contribution in [0.1, 0.15) is 37.6 Å². The maximum atomic E-state index is 14.9. The first-order valence-corrected chi connectivity index (χ1v) is 10.5. The quantitative estimate of drug-likeness (QED) is 0.686. The van der Waals surface area contributed by atoms with E-state index >= 15 is 0 Å². The van der Waals surface area contributed by atoms with Gasteiger partial charge in [-0.05, 0) is 37.6 Å². The highest BCUT2D eigenvalue weighted by molar-refractivity contribution is 8.15. The van der Waals surface area contributed by atoms with Gasteiger partial charge in [0.1, 0.15) is 16.7 Å². The lowest BCUT2D eigenvalue weighted by molar-refractivity contribution is 0.124. The van der Waals surface area contributed by atoms with Gasteiger partial charge in [-0.3, -0.25) is 4.99 Å². The van der Waals surface area contributed by atoms with Gasteiger partial charge in [-0.2, -0.15) is 0 Å². The van der Waals surface area contributed by atoms with E-state index in [4.69, 9.17) is 22.1 Å². The zero-order valence-corrected chi connectivity index (χ0v) is 18.7. The number of hydrogen-bond acceptors (Lipinski definition) is 6. The van der Waals surface area contributed by atoms with E-state index in [1.54, 1.807) is 13.2 Å². The number of thioether (sulfide) groups is 1. The van der Waals surface area contributed by atoms with E-state index in [0.717, 1.165) is 0 Å². The molecule has 9 heteroatoms. The van der Waals surface area contributed by atoms with Gasteiger partial charge in [0.25, 0.3) is 0 Å². The fourth-order valence-corrected chi connectivity index (χ4v) is 5.07. The molecule has 1 aromatic heterocycles. The fourth-order valence-electron chi connectivity index (χ4n) is 3.68. The molecule has 2 aromatic rings. The van der Waals surface area contributed by atoms with Crippen LogP contribution in [0.5, 0.6) is 0 Å². The zero-order chi connectivity index (χ0) is 22.1. The molecule has 0 fully saturated rings. The van der Waals surface area contributed by atoms with Gasteiger partial charge in [0.15, 0.2) is 11.0 Å². The molecule has 3 rings (SSSR count). The van der Waals surface area contributed by atoms with Crippen molar-refractivity contribution in [1.29, 1.82) is 0 Å². The zero-order valence-electron chi connectivity index (χ0n) is 17.1. The fraction of sp³-hybridized carbons (Fsp3) is 0.381. The minimum Gasteiger partial charge on any atom is -0.383 e. The molecule has 0 spiro atoms. The normalized spacial score (nSPS) is 27.1. The third kappa shape index (κ3) is 4.36. The molecular weight excluding hydrogens is 430 g/mol. The highest BCUT2D eigenvalue weighted by atomic mass is 35.5. The van der Waals surface area contributed by atoms with Gasteiger partial charge < -0.3 is 10.5 Å². The van der Waals surface area contributed by atoms with Crippen molar-refractivity contribution in [3.05, 3.63) is 58.4 Å². The third-order valence-corrected chi connectivity index (χ3v) is 7.00. The van der Waals surface area contributed by atoms with Crippen LogP contribution in [0, 0.1) is 11.7 Å². The first-order chi connectivity index (χ1) is 14.1. The predicted octanol–water partition coefficient (Wildman–Crippen LogP) is 5.05. The van der Waals surface area contributed by atoms with Crippen molar-refractivity contribution in [3.63, 3.8) is 0 Å². The van der Waals surface area contributed by atoms with Gasteiger partial charge in [0.05, 0.1) is 24.5 Å². The Morgan fingerprint density at radius 1 is 1.33 bits per heavy atom. The average molecular weight is 453 g/mol. The number of hydrogen-bond donors (Lipinski definition) is 1. The molecule has 0 bridgehead atoms. The number of rotatable bonds is 5. The Morgan fingerprint density at radius 3 is 2.70 bits per heavy atom. The molecule has 160 valence electrons. The number of amidine groups is 1. The van der Waals surface area contributed by atoms with Crippen molar-refractivity contribution in [1.82, 2.24) is 9.97 Å². The van der Waals surface area contributed by atoms with Crippen LogP contribution < -0.4 is 5.73 Å². The Kier molecular flexibility index (Phi) is 6.50. The lowest BCUT2D eigenvalue weighted by atomic mass is 9.73. The highest BCUT2D eigenvalue weighted by Gasteiger charge is 2.50. The van der Waals surface area contributed by atoms with Crippen LogP contribution in [-0.4, -0.2) is 33.6 Å². The summed E-state index contributed by atoms with van der Waals surface area (Å²) in [4.78, 5) is 12.3. The van der Waals surface area contributed by atoms with Crippen LogP contribution in [0.4, 0.5) is 8.78 Å². The van der Waals surface area contributed by atoms with E-state index in [-0.39, 0.29) is 16.8 Å². The van der Waals surface area contributed by atoms with Gasteiger partial charge in [-0.25, -0.2) is 18.7 Å². The maximum absolute atomic E-state index is 14.9. The molecule has 0 radical (unpaired) electrons. The Balaban J connectivity index is 2.05. The highest BCUT2D eigenvalue weighted by Crippen LogP contribution is 2.50. The van der Waals surface area contributed by atoms with Crippen molar-refractivity contribution in [3.8, 4) is 0 Å². The molecule has 30 heavy (non-hydrogen) atoms. The van der Waals surface area contributed by atoms with Gasteiger partial charge >= 0.3 is 0 Å². The Hall–Kier alpha value is -2.03. The Bertz CT molecular complexity index is 1000. The lowest BCUT2D eigenvalue weighted by Gasteiger charge is -2.47. The summed E-state index contributed by atoms with van der Waals surface area (Å²) in [6, 6.07) is 4.39. The van der Waals surface area contributed by atoms with E-state index in [1.807, 2.05) is 20.8 Å². The minimum atomic E-state index is -0.951. The molecule has 2 N–H and O–H groups in total. The molecule has 0 saturated carbocycles. The van der Waals surface area contributed by atoms with Crippen molar-refractivity contribution in [2.24, 2.45) is 16.6 Å². The van der Waals surface area contributed by atoms with E-state index in [0.29, 0.717) is 22.9 Å². The second kappa shape index (κ2) is 8.61. The van der Waals surface area contributed by atoms with E-state index in [1.165, 1.54) is 42.4 Å². The molecule has 1 aromatic carbocycles. The molecule has 0 saturated heterocycles. The molecule has 5 nitrogen and oxygen atoms in total. The van der Waals surface area contributed by atoms with Gasteiger partial charge in [-0.1, -0.05) is 36.4 Å². The second-order valence-corrected chi connectivity index (χ2v) is 9.57. The van der Waals surface area contributed by atoms with E-state index in [2.05, 4.69) is 15.0 Å². The first kappa shape index (κ1) is 22.7. The number of ether oxygens (including phenoxy) is 1. The molecule has 2 heterocycles. The predicted molar refractivity (Wildman–Crippen MR) is 118 cm³/mol. The van der Waals surface area contributed by atoms with Crippen LogP contribution >= 0.6 is 23.4 Å². The van der Waals surface area contributed by atoms with E-state index < -0.39 is 21.9 Å². The smallest absolute Gasteiger partial charge is 0.155 e. The van der Waals surface area contributed by atoms with Crippen LogP contribution in [0.3, 0.4) is 0 Å². The monoisotopic (exact) mass is 452 g/mol. The molecule has 1 aliphatic rings. The van der Waals surface area contributed by atoms with E-state index in [9.17, 15) is 8.78 Å². The Labute approximate surface area is 183 Å². The second-order valence-electron chi connectivity index (χ2n) is 7.62. The topological polar surface area (TPSA) is 73.4 Å². The van der Waals surface area contributed by atoms with Crippen LogP contribution in [0.15, 0.2) is 35.6 Å². The third-order valence-electron chi connectivity index (χ3n) is 5.56. The number of aliphatic imine (C=N–C) groups is 1. The minimum absolute atomic E-state index is 0.0360. The summed E-state index contributed by atoms with van der Waals surface area (Å²) in [5.41, 5.74) is 6.00. The lowest BCUT2D eigenvalue weighted by Crippen LogP contribution is -2.50. The van der Waals surface area contributed by atoms with Crippen molar-refractivity contribution < 1.29 is 13.5 Å². The van der Waals surface area contributed by atoms with Crippen molar-refractivity contribution in [2.45, 2.75) is 31.1 Å². The number of halogens is 3. The SMILES string of the molecule is COC[C@@]1(C)SC(N)=N[C@](C)(c2cc(/C=C(\F)c3cnc(Cl)cn3)ccc2F)[C@@H]1C. The molecular formula is C21H23ClF2N4OS. The number of benzene rings is 1. The molecule has 1 aliphatic heterocycles. The van der Waals surface area contributed by atoms with Crippen LogP contribution in [-0.2, 0) is 10.3 Å². The summed E-state index contributed by atoms with van der Waals surface area (Å²) in [6.45, 7) is 6.28. The summed E-state index contributed by atoms with van der Waals surface area (Å²) in [7, 11) is 1.62.